The number of hydrogen-bond donors (Lipinski definition) is 1. The van der Waals surface area contributed by atoms with E-state index >= 15 is 0 Å². The van der Waals surface area contributed by atoms with E-state index in [0.717, 1.165) is 23.3 Å². The fourth-order valence-corrected chi connectivity index (χ4v) is 3.53. The van der Waals surface area contributed by atoms with E-state index in [4.69, 9.17) is 17.3 Å². The molecule has 0 aliphatic carbocycles. The van der Waals surface area contributed by atoms with E-state index in [1.54, 1.807) is 6.20 Å². The van der Waals surface area contributed by atoms with Crippen molar-refractivity contribution in [2.45, 2.75) is 19.0 Å². The van der Waals surface area contributed by atoms with Crippen molar-refractivity contribution in [1.29, 1.82) is 0 Å². The molecule has 0 amide bonds. The highest BCUT2D eigenvalue weighted by molar-refractivity contribution is 9.10. The van der Waals surface area contributed by atoms with Crippen LogP contribution in [0.25, 0.3) is 0 Å². The Morgan fingerprint density at radius 3 is 2.80 bits per heavy atom. The summed E-state index contributed by atoms with van der Waals surface area (Å²) in [7, 11) is 0. The monoisotopic (exact) mass is 351 g/mol. The number of nitrogens with two attached hydrogens (primary N) is 1. The van der Waals surface area contributed by atoms with Crippen molar-refractivity contribution in [3.63, 3.8) is 0 Å². The van der Waals surface area contributed by atoms with Gasteiger partial charge in [-0.15, -0.1) is 0 Å². The van der Waals surface area contributed by atoms with Crippen molar-refractivity contribution in [2.24, 2.45) is 5.73 Å². The van der Waals surface area contributed by atoms with Gasteiger partial charge in [-0.1, -0.05) is 35.9 Å². The molecule has 1 aromatic heterocycles. The molecule has 3 rings (SSSR count). The standard InChI is InChI=1S/C15H15BrClN3/c16-14-6-12(17)8-19-15(14)20-9-11-4-2-1-3-10(11)5-13(20)7-18/h1-4,6,8,13H,5,7,9,18H2. The van der Waals surface area contributed by atoms with E-state index in [9.17, 15) is 0 Å². The average molecular weight is 353 g/mol. The van der Waals surface area contributed by atoms with E-state index in [2.05, 4.69) is 50.1 Å². The number of hydrogen-bond acceptors (Lipinski definition) is 3. The second-order valence-corrected chi connectivity index (χ2v) is 6.24. The normalized spacial score (nSPS) is 17.9. The maximum absolute atomic E-state index is 5.97. The van der Waals surface area contributed by atoms with Crippen LogP contribution in [0.1, 0.15) is 11.1 Å². The molecule has 5 heteroatoms. The zero-order valence-electron chi connectivity index (χ0n) is 10.9. The molecule has 1 atom stereocenters. The molecule has 2 heterocycles. The Labute approximate surface area is 131 Å². The minimum absolute atomic E-state index is 0.259. The maximum atomic E-state index is 5.97. The van der Waals surface area contributed by atoms with Gasteiger partial charge in [-0.3, -0.25) is 0 Å². The van der Waals surface area contributed by atoms with Gasteiger partial charge in [0, 0.05) is 25.3 Å². The molecule has 1 aliphatic heterocycles. The van der Waals surface area contributed by atoms with Crippen LogP contribution in [0.15, 0.2) is 41.0 Å². The van der Waals surface area contributed by atoms with Crippen LogP contribution in [0.3, 0.4) is 0 Å². The summed E-state index contributed by atoms with van der Waals surface area (Å²) in [5.41, 5.74) is 8.67. The van der Waals surface area contributed by atoms with Crippen LogP contribution in [0.4, 0.5) is 5.82 Å². The van der Waals surface area contributed by atoms with Crippen LogP contribution < -0.4 is 10.6 Å². The van der Waals surface area contributed by atoms with Crippen LogP contribution >= 0.6 is 27.5 Å². The largest absolute Gasteiger partial charge is 0.347 e. The van der Waals surface area contributed by atoms with Gasteiger partial charge in [0.2, 0.25) is 0 Å². The van der Waals surface area contributed by atoms with Crippen LogP contribution in [0.5, 0.6) is 0 Å². The number of benzene rings is 1. The molecule has 1 aromatic carbocycles. The topological polar surface area (TPSA) is 42.1 Å². The number of anilines is 1. The number of nitrogens with zero attached hydrogens (tertiary/aromatic N) is 2. The second kappa shape index (κ2) is 5.72. The van der Waals surface area contributed by atoms with Crippen molar-refractivity contribution < 1.29 is 0 Å². The Balaban J connectivity index is 2.00. The number of aromatic nitrogens is 1. The zero-order valence-corrected chi connectivity index (χ0v) is 13.2. The minimum Gasteiger partial charge on any atom is -0.347 e. The fourth-order valence-electron chi connectivity index (χ4n) is 2.66. The van der Waals surface area contributed by atoms with Crippen LogP contribution in [-0.4, -0.2) is 17.6 Å². The summed E-state index contributed by atoms with van der Waals surface area (Å²) in [4.78, 5) is 6.72. The quantitative estimate of drug-likeness (QED) is 0.901. The average Bonchev–Trinajstić information content (AvgIpc) is 2.46. The summed E-state index contributed by atoms with van der Waals surface area (Å²) in [6, 6.07) is 10.6. The molecule has 0 saturated carbocycles. The van der Waals surface area contributed by atoms with Gasteiger partial charge in [-0.2, -0.15) is 0 Å². The first kappa shape index (κ1) is 13.9. The van der Waals surface area contributed by atoms with Crippen molar-refractivity contribution in [2.75, 3.05) is 11.4 Å². The van der Waals surface area contributed by atoms with Gasteiger partial charge in [0.25, 0.3) is 0 Å². The SMILES string of the molecule is NCC1Cc2ccccc2CN1c1ncc(Cl)cc1Br. The van der Waals surface area contributed by atoms with Gasteiger partial charge >= 0.3 is 0 Å². The van der Waals surface area contributed by atoms with Gasteiger partial charge < -0.3 is 10.6 Å². The van der Waals surface area contributed by atoms with Gasteiger partial charge in [0.1, 0.15) is 5.82 Å². The number of fused-ring (bicyclic) bond motifs is 1. The predicted octanol–water partition coefficient (Wildman–Crippen LogP) is 3.39. The highest BCUT2D eigenvalue weighted by Gasteiger charge is 2.27. The maximum Gasteiger partial charge on any atom is 0.143 e. The van der Waals surface area contributed by atoms with Crippen LogP contribution in [0.2, 0.25) is 5.02 Å². The number of pyridine rings is 1. The van der Waals surface area contributed by atoms with Crippen LogP contribution in [-0.2, 0) is 13.0 Å². The van der Waals surface area contributed by atoms with E-state index < -0.39 is 0 Å². The lowest BCUT2D eigenvalue weighted by Crippen LogP contribution is -2.45. The Hall–Kier alpha value is -1.10. The Kier molecular flexibility index (Phi) is 3.96. The predicted molar refractivity (Wildman–Crippen MR) is 86.1 cm³/mol. The highest BCUT2D eigenvalue weighted by atomic mass is 79.9. The van der Waals surface area contributed by atoms with E-state index in [1.165, 1.54) is 11.1 Å². The third kappa shape index (κ3) is 2.55. The molecule has 2 aromatic rings. The van der Waals surface area contributed by atoms with Crippen molar-refractivity contribution in [3.8, 4) is 0 Å². The summed E-state index contributed by atoms with van der Waals surface area (Å²) in [5.74, 6) is 0.902. The zero-order chi connectivity index (χ0) is 14.1. The smallest absolute Gasteiger partial charge is 0.143 e. The van der Waals surface area contributed by atoms with Crippen molar-refractivity contribution >= 4 is 33.3 Å². The molecule has 0 bridgehead atoms. The first-order chi connectivity index (χ1) is 9.69. The molecule has 0 saturated heterocycles. The molecule has 0 radical (unpaired) electrons. The first-order valence-corrected chi connectivity index (χ1v) is 7.70. The molecular formula is C15H15BrClN3. The summed E-state index contributed by atoms with van der Waals surface area (Å²) < 4.78 is 0.905. The molecule has 0 spiro atoms. The fraction of sp³-hybridized carbons (Fsp3) is 0.267. The third-order valence-electron chi connectivity index (χ3n) is 3.69. The summed E-state index contributed by atoms with van der Waals surface area (Å²) in [5, 5.41) is 0.627. The molecule has 0 fully saturated rings. The second-order valence-electron chi connectivity index (χ2n) is 4.95. The molecule has 20 heavy (non-hydrogen) atoms. The number of rotatable bonds is 2. The third-order valence-corrected chi connectivity index (χ3v) is 4.48. The molecule has 2 N–H and O–H groups in total. The first-order valence-electron chi connectivity index (χ1n) is 6.53. The molecule has 104 valence electrons. The summed E-state index contributed by atoms with van der Waals surface area (Å²) in [6.07, 6.45) is 2.62. The summed E-state index contributed by atoms with van der Waals surface area (Å²) in [6.45, 7) is 1.43. The van der Waals surface area contributed by atoms with Gasteiger partial charge in [-0.05, 0) is 39.5 Å². The molecule has 3 nitrogen and oxygen atoms in total. The van der Waals surface area contributed by atoms with E-state index in [0.29, 0.717) is 11.6 Å². The van der Waals surface area contributed by atoms with Crippen LogP contribution in [0, 0.1) is 0 Å². The lowest BCUT2D eigenvalue weighted by atomic mass is 9.94. The van der Waals surface area contributed by atoms with Crippen molar-refractivity contribution in [1.82, 2.24) is 4.98 Å². The molecular weight excluding hydrogens is 338 g/mol. The summed E-state index contributed by atoms with van der Waals surface area (Å²) >= 11 is 9.52. The molecule has 1 aliphatic rings. The Bertz CT molecular complexity index is 632. The lowest BCUT2D eigenvalue weighted by Gasteiger charge is -2.37. The highest BCUT2D eigenvalue weighted by Crippen LogP contribution is 2.32. The Morgan fingerprint density at radius 1 is 1.35 bits per heavy atom. The van der Waals surface area contributed by atoms with E-state index in [-0.39, 0.29) is 6.04 Å². The molecule has 1 unspecified atom stereocenters. The minimum atomic E-state index is 0.259. The Morgan fingerprint density at radius 2 is 2.10 bits per heavy atom. The lowest BCUT2D eigenvalue weighted by molar-refractivity contribution is 0.555. The van der Waals surface area contributed by atoms with Gasteiger partial charge in [-0.25, -0.2) is 4.98 Å². The van der Waals surface area contributed by atoms with Crippen molar-refractivity contribution in [3.05, 3.63) is 57.2 Å². The van der Waals surface area contributed by atoms with Gasteiger partial charge in [0.15, 0.2) is 0 Å². The van der Waals surface area contributed by atoms with Gasteiger partial charge in [0.05, 0.1) is 9.50 Å². The van der Waals surface area contributed by atoms with E-state index in [1.807, 2.05) is 6.07 Å². The number of halogens is 2.